The predicted molar refractivity (Wildman–Crippen MR) is 68.0 cm³/mol. The SMILES string of the molecule is CCc1nnc(NCc2ccc(Cl)cc2F)s1. The molecule has 90 valence electrons. The first kappa shape index (κ1) is 12.3. The number of nitrogens with zero attached hydrogens (tertiary/aromatic N) is 2. The quantitative estimate of drug-likeness (QED) is 0.925. The molecule has 0 atom stereocenters. The van der Waals surface area contributed by atoms with Crippen LogP contribution in [-0.2, 0) is 13.0 Å². The van der Waals surface area contributed by atoms with Gasteiger partial charge >= 0.3 is 0 Å². The van der Waals surface area contributed by atoms with Crippen LogP contribution in [0.15, 0.2) is 18.2 Å². The van der Waals surface area contributed by atoms with Crippen molar-refractivity contribution in [3.05, 3.63) is 39.6 Å². The number of nitrogens with one attached hydrogen (secondary N) is 1. The molecule has 3 nitrogen and oxygen atoms in total. The molecular weight excluding hydrogens is 261 g/mol. The monoisotopic (exact) mass is 271 g/mol. The topological polar surface area (TPSA) is 37.8 Å². The molecule has 0 spiro atoms. The van der Waals surface area contributed by atoms with Gasteiger partial charge in [0.2, 0.25) is 5.13 Å². The van der Waals surface area contributed by atoms with Crippen LogP contribution in [0, 0.1) is 5.82 Å². The van der Waals surface area contributed by atoms with E-state index in [1.54, 1.807) is 12.1 Å². The molecule has 0 fully saturated rings. The van der Waals surface area contributed by atoms with Crippen LogP contribution in [0.25, 0.3) is 0 Å². The Kier molecular flexibility index (Phi) is 3.91. The first-order valence-electron chi connectivity index (χ1n) is 5.19. The third-order valence-corrected chi connectivity index (χ3v) is 3.47. The van der Waals surface area contributed by atoms with Crippen LogP contribution in [0.4, 0.5) is 9.52 Å². The summed E-state index contributed by atoms with van der Waals surface area (Å²) in [5.74, 6) is -0.315. The zero-order chi connectivity index (χ0) is 12.3. The van der Waals surface area contributed by atoms with Crippen molar-refractivity contribution in [2.75, 3.05) is 5.32 Å². The number of anilines is 1. The van der Waals surface area contributed by atoms with Crippen molar-refractivity contribution in [3.63, 3.8) is 0 Å². The summed E-state index contributed by atoms with van der Waals surface area (Å²) in [4.78, 5) is 0. The van der Waals surface area contributed by atoms with E-state index in [1.807, 2.05) is 6.92 Å². The van der Waals surface area contributed by atoms with E-state index in [2.05, 4.69) is 15.5 Å². The van der Waals surface area contributed by atoms with E-state index in [0.29, 0.717) is 22.3 Å². The van der Waals surface area contributed by atoms with Crippen LogP contribution >= 0.6 is 22.9 Å². The van der Waals surface area contributed by atoms with Gasteiger partial charge in [-0.25, -0.2) is 4.39 Å². The minimum Gasteiger partial charge on any atom is -0.356 e. The fraction of sp³-hybridized carbons (Fsp3) is 0.273. The molecule has 0 amide bonds. The molecule has 0 saturated carbocycles. The van der Waals surface area contributed by atoms with Gasteiger partial charge in [0.15, 0.2) is 0 Å². The Bertz CT molecular complexity index is 515. The maximum absolute atomic E-state index is 13.5. The van der Waals surface area contributed by atoms with E-state index in [9.17, 15) is 4.39 Å². The molecule has 2 aromatic rings. The Morgan fingerprint density at radius 1 is 1.41 bits per heavy atom. The maximum Gasteiger partial charge on any atom is 0.205 e. The average molecular weight is 272 g/mol. The van der Waals surface area contributed by atoms with Crippen LogP contribution in [0.2, 0.25) is 5.02 Å². The number of aromatic nitrogens is 2. The van der Waals surface area contributed by atoms with E-state index in [0.717, 1.165) is 11.4 Å². The van der Waals surface area contributed by atoms with Crippen molar-refractivity contribution in [1.29, 1.82) is 0 Å². The third kappa shape index (κ3) is 3.14. The lowest BCUT2D eigenvalue weighted by Crippen LogP contribution is -2.01. The fourth-order valence-electron chi connectivity index (χ4n) is 1.30. The van der Waals surface area contributed by atoms with Crippen molar-refractivity contribution in [3.8, 4) is 0 Å². The summed E-state index contributed by atoms with van der Waals surface area (Å²) < 4.78 is 13.5. The first-order valence-corrected chi connectivity index (χ1v) is 6.38. The summed E-state index contributed by atoms with van der Waals surface area (Å²) in [6, 6.07) is 4.63. The van der Waals surface area contributed by atoms with Gasteiger partial charge < -0.3 is 5.32 Å². The van der Waals surface area contributed by atoms with E-state index >= 15 is 0 Å². The largest absolute Gasteiger partial charge is 0.356 e. The van der Waals surface area contributed by atoms with Gasteiger partial charge in [-0.2, -0.15) is 0 Å². The van der Waals surface area contributed by atoms with Gasteiger partial charge in [0.1, 0.15) is 10.8 Å². The normalized spacial score (nSPS) is 10.5. The molecule has 0 aliphatic carbocycles. The van der Waals surface area contributed by atoms with Gasteiger partial charge in [-0.05, 0) is 18.6 Å². The van der Waals surface area contributed by atoms with Gasteiger partial charge in [0.25, 0.3) is 0 Å². The highest BCUT2D eigenvalue weighted by Gasteiger charge is 2.05. The third-order valence-electron chi connectivity index (χ3n) is 2.21. The zero-order valence-electron chi connectivity index (χ0n) is 9.20. The van der Waals surface area contributed by atoms with Crippen molar-refractivity contribution < 1.29 is 4.39 Å². The highest BCUT2D eigenvalue weighted by atomic mass is 35.5. The molecule has 0 radical (unpaired) electrons. The fourth-order valence-corrected chi connectivity index (χ4v) is 2.14. The van der Waals surface area contributed by atoms with Gasteiger partial charge in [0.05, 0.1) is 0 Å². The number of benzene rings is 1. The van der Waals surface area contributed by atoms with Crippen LogP contribution in [0.1, 0.15) is 17.5 Å². The molecular formula is C11H11ClFN3S. The second kappa shape index (κ2) is 5.42. The smallest absolute Gasteiger partial charge is 0.205 e. The summed E-state index contributed by atoms with van der Waals surface area (Å²) in [5, 5.41) is 13.0. The zero-order valence-corrected chi connectivity index (χ0v) is 10.8. The molecule has 0 unspecified atom stereocenters. The number of aryl methyl sites for hydroxylation is 1. The van der Waals surface area contributed by atoms with Crippen LogP contribution in [0.5, 0.6) is 0 Å². The molecule has 1 aromatic carbocycles. The van der Waals surface area contributed by atoms with E-state index in [4.69, 9.17) is 11.6 Å². The second-order valence-electron chi connectivity index (χ2n) is 3.44. The van der Waals surface area contributed by atoms with Crippen LogP contribution < -0.4 is 5.32 Å². The van der Waals surface area contributed by atoms with E-state index in [-0.39, 0.29) is 5.82 Å². The molecule has 1 aromatic heterocycles. The molecule has 6 heteroatoms. The molecule has 0 aliphatic rings. The molecule has 1 heterocycles. The maximum atomic E-state index is 13.5. The Morgan fingerprint density at radius 3 is 2.88 bits per heavy atom. The lowest BCUT2D eigenvalue weighted by Gasteiger charge is -2.03. The standard InChI is InChI=1S/C11H11ClFN3S/c1-2-10-15-16-11(17-10)14-6-7-3-4-8(12)5-9(7)13/h3-5H,2,6H2,1H3,(H,14,16). The summed E-state index contributed by atoms with van der Waals surface area (Å²) in [6.45, 7) is 2.39. The molecule has 0 bridgehead atoms. The average Bonchev–Trinajstić information content (AvgIpc) is 2.76. The molecule has 0 aliphatic heterocycles. The number of rotatable bonds is 4. The molecule has 2 rings (SSSR count). The van der Waals surface area contributed by atoms with Crippen LogP contribution in [-0.4, -0.2) is 10.2 Å². The van der Waals surface area contributed by atoms with Gasteiger partial charge in [0, 0.05) is 17.1 Å². The Hall–Kier alpha value is -1.20. The van der Waals surface area contributed by atoms with Crippen LogP contribution in [0.3, 0.4) is 0 Å². The Labute approximate surface area is 108 Å². The van der Waals surface area contributed by atoms with E-state index < -0.39 is 0 Å². The Balaban J connectivity index is 2.02. The molecule has 0 saturated heterocycles. The van der Waals surface area contributed by atoms with Gasteiger partial charge in [-0.3, -0.25) is 0 Å². The van der Waals surface area contributed by atoms with E-state index in [1.165, 1.54) is 17.4 Å². The summed E-state index contributed by atoms with van der Waals surface area (Å²) in [5.41, 5.74) is 0.558. The van der Waals surface area contributed by atoms with Crippen molar-refractivity contribution in [2.24, 2.45) is 0 Å². The lowest BCUT2D eigenvalue weighted by atomic mass is 10.2. The summed E-state index contributed by atoms with van der Waals surface area (Å²) >= 11 is 7.15. The molecule has 1 N–H and O–H groups in total. The predicted octanol–water partition coefficient (Wildman–Crippen LogP) is 3.51. The number of hydrogen-bond donors (Lipinski definition) is 1. The number of halogens is 2. The second-order valence-corrected chi connectivity index (χ2v) is 4.94. The summed E-state index contributed by atoms with van der Waals surface area (Å²) in [7, 11) is 0. The minimum absolute atomic E-state index is 0.315. The van der Waals surface area contributed by atoms with Crippen molar-refractivity contribution >= 4 is 28.1 Å². The first-order chi connectivity index (χ1) is 8.19. The Morgan fingerprint density at radius 2 is 2.24 bits per heavy atom. The summed E-state index contributed by atoms with van der Waals surface area (Å²) in [6.07, 6.45) is 0.856. The highest BCUT2D eigenvalue weighted by Crippen LogP contribution is 2.18. The lowest BCUT2D eigenvalue weighted by molar-refractivity contribution is 0.613. The van der Waals surface area contributed by atoms with Crippen molar-refractivity contribution in [2.45, 2.75) is 19.9 Å². The van der Waals surface area contributed by atoms with Gasteiger partial charge in [-0.15, -0.1) is 10.2 Å². The molecule has 17 heavy (non-hydrogen) atoms. The number of hydrogen-bond acceptors (Lipinski definition) is 4. The van der Waals surface area contributed by atoms with Crippen molar-refractivity contribution in [1.82, 2.24) is 10.2 Å². The minimum atomic E-state index is -0.315. The highest BCUT2D eigenvalue weighted by molar-refractivity contribution is 7.15. The van der Waals surface area contributed by atoms with Gasteiger partial charge in [-0.1, -0.05) is 35.9 Å².